The topological polar surface area (TPSA) is 9.23 Å². The molecule has 1 saturated heterocycles. The molecule has 1 aliphatic heterocycles. The van der Waals surface area contributed by atoms with Gasteiger partial charge in [0.05, 0.1) is 20.1 Å². The van der Waals surface area contributed by atoms with Crippen LogP contribution in [0.25, 0.3) is 0 Å². The number of rotatable bonds is 2. The van der Waals surface area contributed by atoms with Gasteiger partial charge in [0.1, 0.15) is 0 Å². The number of ether oxygens (including phenoxy) is 1. The highest BCUT2D eigenvalue weighted by molar-refractivity contribution is 4.48. The van der Waals surface area contributed by atoms with Crippen molar-refractivity contribution < 1.29 is 28.0 Å². The van der Waals surface area contributed by atoms with Gasteiger partial charge in [-0.15, -0.1) is 0 Å². The fourth-order valence-electron chi connectivity index (χ4n) is 1.54. The van der Waals surface area contributed by atoms with E-state index in [9.17, 15) is 0 Å². The predicted molar refractivity (Wildman–Crippen MR) is 47.0 cm³/mol. The zero-order valence-corrected chi connectivity index (χ0v) is 8.02. The Kier molecular flexibility index (Phi) is 17.2. The van der Waals surface area contributed by atoms with Gasteiger partial charge in [-0.3, -0.25) is 18.8 Å². The molecule has 0 aromatic heterocycles. The minimum atomic E-state index is 0. The Morgan fingerprint density at radius 3 is 1.69 bits per heavy atom. The first kappa shape index (κ1) is 22.9. The molecule has 0 spiro atoms. The predicted octanol–water partition coefficient (Wildman–Crippen LogP) is 1.44. The van der Waals surface area contributed by atoms with Gasteiger partial charge in [0.25, 0.3) is 0 Å². The van der Waals surface area contributed by atoms with Crippen molar-refractivity contribution in [2.24, 2.45) is 0 Å². The maximum Gasteiger partial charge on any atom is 0.182 e. The van der Waals surface area contributed by atoms with Crippen LogP contribution < -0.4 is 0 Å². The van der Waals surface area contributed by atoms with E-state index in [4.69, 9.17) is 4.74 Å². The molecule has 0 radical (unpaired) electrons. The highest BCUT2D eigenvalue weighted by Crippen LogP contribution is 2.14. The molecular weight excluding hydrogens is 190 g/mol. The van der Waals surface area contributed by atoms with E-state index in [1.54, 1.807) is 7.11 Å². The molecular formula is C7H20F4NO+. The van der Waals surface area contributed by atoms with Gasteiger partial charge in [0, 0.05) is 20.0 Å². The monoisotopic (exact) mass is 210 g/mol. The van der Waals surface area contributed by atoms with Crippen LogP contribution in [0.4, 0.5) is 18.8 Å². The maximum absolute atomic E-state index is 5.10. The third kappa shape index (κ3) is 6.77. The van der Waals surface area contributed by atoms with Gasteiger partial charge in [-0.25, -0.2) is 0 Å². The van der Waals surface area contributed by atoms with Crippen LogP contribution in [0.15, 0.2) is 0 Å². The van der Waals surface area contributed by atoms with Gasteiger partial charge in [0.15, 0.2) is 6.73 Å². The van der Waals surface area contributed by atoms with Crippen LogP contribution >= 0.6 is 0 Å². The Morgan fingerprint density at radius 2 is 1.38 bits per heavy atom. The smallest absolute Gasteiger partial charge is 0.182 e. The molecule has 1 aliphatic rings. The van der Waals surface area contributed by atoms with Crippen molar-refractivity contribution in [2.45, 2.75) is 12.8 Å². The second kappa shape index (κ2) is 9.73. The van der Waals surface area contributed by atoms with Crippen molar-refractivity contribution in [2.75, 3.05) is 34.0 Å². The van der Waals surface area contributed by atoms with Gasteiger partial charge < -0.3 is 9.22 Å². The van der Waals surface area contributed by atoms with Gasteiger partial charge in [-0.05, 0) is 0 Å². The van der Waals surface area contributed by atoms with Crippen LogP contribution in [-0.2, 0) is 4.74 Å². The van der Waals surface area contributed by atoms with E-state index in [-0.39, 0.29) is 18.8 Å². The molecule has 1 heterocycles. The molecule has 0 aliphatic carbocycles. The molecule has 6 heteroatoms. The first-order valence-electron chi connectivity index (χ1n) is 3.59. The number of methoxy groups -OCH3 is 1. The summed E-state index contributed by atoms with van der Waals surface area (Å²) in [5.74, 6) is 0. The molecule has 86 valence electrons. The van der Waals surface area contributed by atoms with E-state index >= 15 is 0 Å². The Labute approximate surface area is 75.9 Å². The normalized spacial score (nSPS) is 17.1. The van der Waals surface area contributed by atoms with E-state index in [0.717, 1.165) is 11.2 Å². The number of hydrogen-bond donors (Lipinski definition) is 0. The van der Waals surface area contributed by atoms with E-state index in [2.05, 4.69) is 7.05 Å². The largest absolute Gasteiger partial charge is 0.335 e. The summed E-state index contributed by atoms with van der Waals surface area (Å²) >= 11 is 0. The summed E-state index contributed by atoms with van der Waals surface area (Å²) < 4.78 is 6.22. The Hall–Kier alpha value is -0.360. The highest BCUT2D eigenvalue weighted by Gasteiger charge is 2.25. The van der Waals surface area contributed by atoms with Gasteiger partial charge >= 0.3 is 0 Å². The van der Waals surface area contributed by atoms with Crippen LogP contribution in [0.5, 0.6) is 0 Å². The van der Waals surface area contributed by atoms with Crippen molar-refractivity contribution in [3.8, 4) is 0 Å². The van der Waals surface area contributed by atoms with E-state index in [0.29, 0.717) is 0 Å². The standard InChI is InChI=1S/C7H16NO.4FH/c1-8(7-9-2)5-3-4-6-8;;;;/h3-7H2,1-2H3;4*1H/q+1;;;;. The second-order valence-electron chi connectivity index (χ2n) is 3.19. The molecule has 0 bridgehead atoms. The van der Waals surface area contributed by atoms with Gasteiger partial charge in [-0.1, -0.05) is 0 Å². The zero-order valence-electron chi connectivity index (χ0n) is 8.02. The third-order valence-corrected chi connectivity index (χ3v) is 2.09. The summed E-state index contributed by atoms with van der Waals surface area (Å²) in [7, 11) is 4.04. The van der Waals surface area contributed by atoms with Crippen LogP contribution in [0, 0.1) is 0 Å². The molecule has 0 saturated carbocycles. The average Bonchev–Trinajstić information content (AvgIpc) is 2.16. The first-order chi connectivity index (χ1) is 4.27. The molecule has 0 N–H and O–H groups in total. The molecule has 2 nitrogen and oxygen atoms in total. The van der Waals surface area contributed by atoms with Crippen molar-refractivity contribution in [1.29, 1.82) is 0 Å². The number of halogens is 4. The lowest BCUT2D eigenvalue weighted by Crippen LogP contribution is -2.42. The zero-order chi connectivity index (χ0) is 6.74. The molecule has 1 rings (SSSR count). The first-order valence-corrected chi connectivity index (χ1v) is 3.59. The maximum atomic E-state index is 5.10. The Bertz CT molecular complexity index is 98.5. The summed E-state index contributed by atoms with van der Waals surface area (Å²) in [4.78, 5) is 0. The summed E-state index contributed by atoms with van der Waals surface area (Å²) in [6.45, 7) is 3.49. The summed E-state index contributed by atoms with van der Waals surface area (Å²) in [6, 6.07) is 0. The van der Waals surface area contributed by atoms with Crippen molar-refractivity contribution in [3.63, 3.8) is 0 Å². The Morgan fingerprint density at radius 1 is 1.00 bits per heavy atom. The second-order valence-corrected chi connectivity index (χ2v) is 3.19. The van der Waals surface area contributed by atoms with Crippen LogP contribution in [0.3, 0.4) is 0 Å². The van der Waals surface area contributed by atoms with E-state index in [1.807, 2.05) is 0 Å². The fourth-order valence-corrected chi connectivity index (χ4v) is 1.54. The van der Waals surface area contributed by atoms with E-state index < -0.39 is 0 Å². The molecule has 0 aromatic rings. The molecule has 1 fully saturated rings. The lowest BCUT2D eigenvalue weighted by Gasteiger charge is -2.27. The van der Waals surface area contributed by atoms with Crippen LogP contribution in [0.1, 0.15) is 12.8 Å². The summed E-state index contributed by atoms with van der Waals surface area (Å²) in [6.07, 6.45) is 2.75. The average molecular weight is 210 g/mol. The van der Waals surface area contributed by atoms with Crippen LogP contribution in [0.2, 0.25) is 0 Å². The van der Waals surface area contributed by atoms with Crippen LogP contribution in [-0.4, -0.2) is 38.5 Å². The minimum absolute atomic E-state index is 0. The number of nitrogens with zero attached hydrogens (tertiary/aromatic N) is 1. The molecule has 0 atom stereocenters. The van der Waals surface area contributed by atoms with Crippen molar-refractivity contribution in [1.82, 2.24) is 0 Å². The number of hydrogen-bond acceptors (Lipinski definition) is 1. The molecule has 13 heavy (non-hydrogen) atoms. The van der Waals surface area contributed by atoms with Crippen molar-refractivity contribution >= 4 is 0 Å². The Balaban J connectivity index is -0.000000101. The number of quaternary nitrogens is 1. The van der Waals surface area contributed by atoms with Crippen molar-refractivity contribution in [3.05, 3.63) is 0 Å². The van der Waals surface area contributed by atoms with E-state index in [1.165, 1.54) is 25.9 Å². The SMILES string of the molecule is COC[N+]1(C)CCCC1.F.F.F.F. The molecule has 0 amide bonds. The minimum Gasteiger partial charge on any atom is -0.335 e. The molecule has 0 aromatic carbocycles. The third-order valence-electron chi connectivity index (χ3n) is 2.09. The number of likely N-dealkylation sites (tertiary alicyclic amines) is 1. The highest BCUT2D eigenvalue weighted by atomic mass is 19.0. The lowest BCUT2D eigenvalue weighted by atomic mass is 10.4. The molecule has 0 unspecified atom stereocenters. The summed E-state index contributed by atoms with van der Waals surface area (Å²) in [5.41, 5.74) is 0. The lowest BCUT2D eigenvalue weighted by molar-refractivity contribution is -0.916. The fraction of sp³-hybridized carbons (Fsp3) is 1.00. The van der Waals surface area contributed by atoms with Gasteiger partial charge in [-0.2, -0.15) is 0 Å². The quantitative estimate of drug-likeness (QED) is 0.495. The van der Waals surface area contributed by atoms with Gasteiger partial charge in [0.2, 0.25) is 0 Å². The summed E-state index contributed by atoms with van der Waals surface area (Å²) in [5, 5.41) is 0.